The zero-order chi connectivity index (χ0) is 26.0. The molecule has 0 radical (unpaired) electrons. The molecule has 4 aromatic rings. The smallest absolute Gasteiger partial charge is 0.387 e. The zero-order valence-electron chi connectivity index (χ0n) is 20.0. The highest BCUT2D eigenvalue weighted by molar-refractivity contribution is 5.74. The molecule has 2 N–H and O–H groups in total. The van der Waals surface area contributed by atoms with Gasteiger partial charge in [0.25, 0.3) is 5.56 Å². The number of hydrogen-bond donors (Lipinski definition) is 2. The summed E-state index contributed by atoms with van der Waals surface area (Å²) in [6.07, 6.45) is 3.87. The predicted octanol–water partition coefficient (Wildman–Crippen LogP) is 2.70. The van der Waals surface area contributed by atoms with Gasteiger partial charge < -0.3 is 14.9 Å². The highest BCUT2D eigenvalue weighted by atomic mass is 19.3. The van der Waals surface area contributed by atoms with E-state index in [0.717, 1.165) is 16.8 Å². The van der Waals surface area contributed by atoms with Gasteiger partial charge in [-0.15, -0.1) is 0 Å². The number of halogens is 2. The summed E-state index contributed by atoms with van der Waals surface area (Å²) >= 11 is 0. The van der Waals surface area contributed by atoms with Crippen LogP contribution in [-0.4, -0.2) is 59.7 Å². The molecule has 1 aliphatic heterocycles. The summed E-state index contributed by atoms with van der Waals surface area (Å²) < 4.78 is 32.0. The lowest BCUT2D eigenvalue weighted by atomic mass is 9.91. The number of rotatable bonds is 8. The fraction of sp³-hybridized carbons (Fsp3) is 0.346. The van der Waals surface area contributed by atoms with Crippen molar-refractivity contribution in [3.8, 4) is 11.4 Å². The fourth-order valence-corrected chi connectivity index (χ4v) is 4.63. The molecule has 0 unspecified atom stereocenters. The molecular formula is C26H27F2N5O4. The number of likely N-dealkylation sites (tertiary alicyclic amines) is 1. The van der Waals surface area contributed by atoms with Crippen molar-refractivity contribution in [3.05, 3.63) is 82.5 Å². The van der Waals surface area contributed by atoms with Gasteiger partial charge in [-0.25, -0.2) is 9.67 Å². The molecule has 0 saturated carbocycles. The van der Waals surface area contributed by atoms with E-state index in [2.05, 4.69) is 19.7 Å². The lowest BCUT2D eigenvalue weighted by Gasteiger charge is -2.38. The van der Waals surface area contributed by atoms with Crippen LogP contribution in [0.25, 0.3) is 16.7 Å². The molecule has 0 aliphatic carbocycles. The van der Waals surface area contributed by atoms with Gasteiger partial charge in [-0.2, -0.15) is 13.9 Å². The average molecular weight is 512 g/mol. The van der Waals surface area contributed by atoms with Gasteiger partial charge in [0.1, 0.15) is 17.5 Å². The number of benzene rings is 2. The lowest BCUT2D eigenvalue weighted by molar-refractivity contribution is -0.0498. The standard InChI is InChI=1S/C26H27F2N5O4/c27-25(28)37-21-7-3-18(4-8-21)14-31-11-9-26(36,10-12-31)16-32-17-29-23-22(24(32)35)13-30-33(23)20-5-1-19(15-34)2-6-20/h1-8,13,17,25,34,36H,9-12,14-16H2. The summed E-state index contributed by atoms with van der Waals surface area (Å²) in [6.45, 7) is -0.920. The van der Waals surface area contributed by atoms with Crippen molar-refractivity contribution in [3.63, 3.8) is 0 Å². The third-order valence-electron chi connectivity index (χ3n) is 6.72. The summed E-state index contributed by atoms with van der Waals surface area (Å²) in [6, 6.07) is 13.7. The highest BCUT2D eigenvalue weighted by Crippen LogP contribution is 2.26. The fourth-order valence-electron chi connectivity index (χ4n) is 4.63. The van der Waals surface area contributed by atoms with E-state index in [4.69, 9.17) is 0 Å². The maximum Gasteiger partial charge on any atom is 0.387 e. The van der Waals surface area contributed by atoms with E-state index in [1.807, 2.05) is 0 Å². The third-order valence-corrected chi connectivity index (χ3v) is 6.72. The van der Waals surface area contributed by atoms with Crippen LogP contribution in [0.5, 0.6) is 5.75 Å². The second-order valence-corrected chi connectivity index (χ2v) is 9.32. The Labute approximate surface area is 211 Å². The van der Waals surface area contributed by atoms with Crippen molar-refractivity contribution < 1.29 is 23.7 Å². The zero-order valence-corrected chi connectivity index (χ0v) is 20.0. The Morgan fingerprint density at radius 3 is 2.35 bits per heavy atom. The van der Waals surface area contributed by atoms with E-state index in [1.165, 1.54) is 29.2 Å². The van der Waals surface area contributed by atoms with Crippen molar-refractivity contribution in [1.82, 2.24) is 24.2 Å². The van der Waals surface area contributed by atoms with Crippen LogP contribution in [0.4, 0.5) is 8.78 Å². The first-order chi connectivity index (χ1) is 17.8. The van der Waals surface area contributed by atoms with Gasteiger partial charge >= 0.3 is 6.61 Å². The maximum absolute atomic E-state index is 13.1. The molecule has 9 nitrogen and oxygen atoms in total. The van der Waals surface area contributed by atoms with Crippen LogP contribution in [0.15, 0.2) is 65.8 Å². The van der Waals surface area contributed by atoms with Crippen molar-refractivity contribution in [2.45, 2.75) is 44.8 Å². The topological polar surface area (TPSA) is 106 Å². The van der Waals surface area contributed by atoms with Crippen molar-refractivity contribution in [1.29, 1.82) is 0 Å². The SMILES string of the molecule is O=c1c2cnn(-c3ccc(CO)cc3)c2ncn1CC1(O)CCN(Cc2ccc(OC(F)F)cc2)CC1. The highest BCUT2D eigenvalue weighted by Gasteiger charge is 2.33. The largest absolute Gasteiger partial charge is 0.435 e. The first-order valence-corrected chi connectivity index (χ1v) is 12.0. The van der Waals surface area contributed by atoms with E-state index in [-0.39, 0.29) is 24.5 Å². The van der Waals surface area contributed by atoms with E-state index in [9.17, 15) is 23.8 Å². The number of piperidine rings is 1. The second kappa shape index (κ2) is 10.4. The van der Waals surface area contributed by atoms with Crippen LogP contribution in [0.1, 0.15) is 24.0 Å². The molecule has 0 atom stereocenters. The molecule has 1 aliphatic rings. The molecule has 11 heteroatoms. The molecule has 1 saturated heterocycles. The van der Waals surface area contributed by atoms with Gasteiger partial charge in [0.2, 0.25) is 0 Å². The van der Waals surface area contributed by atoms with Gasteiger partial charge in [-0.1, -0.05) is 24.3 Å². The average Bonchev–Trinajstić information content (AvgIpc) is 3.33. The number of nitrogens with zero attached hydrogens (tertiary/aromatic N) is 5. The molecule has 37 heavy (non-hydrogen) atoms. The number of aliphatic hydroxyl groups excluding tert-OH is 1. The number of aromatic nitrogens is 4. The Hall–Kier alpha value is -3.67. The molecule has 1 fully saturated rings. The molecule has 0 amide bonds. The molecule has 0 spiro atoms. The number of fused-ring (bicyclic) bond motifs is 1. The minimum atomic E-state index is -2.85. The van der Waals surface area contributed by atoms with Crippen LogP contribution in [0.3, 0.4) is 0 Å². The van der Waals surface area contributed by atoms with E-state index in [0.29, 0.717) is 43.5 Å². The van der Waals surface area contributed by atoms with Crippen LogP contribution in [0, 0.1) is 0 Å². The molecule has 2 aromatic carbocycles. The number of ether oxygens (including phenoxy) is 1. The van der Waals surface area contributed by atoms with E-state index in [1.54, 1.807) is 41.1 Å². The molecule has 2 aromatic heterocycles. The summed E-state index contributed by atoms with van der Waals surface area (Å²) in [4.78, 5) is 19.8. The third kappa shape index (κ3) is 5.53. The van der Waals surface area contributed by atoms with Crippen LogP contribution < -0.4 is 10.3 Å². The lowest BCUT2D eigenvalue weighted by Crippen LogP contribution is -2.47. The monoisotopic (exact) mass is 511 g/mol. The normalized spacial score (nSPS) is 15.9. The van der Waals surface area contributed by atoms with Gasteiger partial charge in [0.15, 0.2) is 5.65 Å². The Morgan fingerprint density at radius 1 is 1.03 bits per heavy atom. The predicted molar refractivity (Wildman–Crippen MR) is 132 cm³/mol. The second-order valence-electron chi connectivity index (χ2n) is 9.32. The van der Waals surface area contributed by atoms with Gasteiger partial charge in [-0.3, -0.25) is 14.3 Å². The summed E-state index contributed by atoms with van der Waals surface area (Å²) in [7, 11) is 0. The van der Waals surface area contributed by atoms with Crippen LogP contribution in [-0.2, 0) is 19.7 Å². The summed E-state index contributed by atoms with van der Waals surface area (Å²) in [5.74, 6) is 0.118. The van der Waals surface area contributed by atoms with Crippen molar-refractivity contribution in [2.75, 3.05) is 13.1 Å². The summed E-state index contributed by atoms with van der Waals surface area (Å²) in [5, 5.41) is 25.1. The minimum absolute atomic E-state index is 0.0597. The van der Waals surface area contributed by atoms with Gasteiger partial charge in [-0.05, 0) is 48.2 Å². The first kappa shape index (κ1) is 25.0. The Kier molecular flexibility index (Phi) is 7.00. The van der Waals surface area contributed by atoms with E-state index >= 15 is 0 Å². The molecule has 3 heterocycles. The Bertz CT molecular complexity index is 1410. The Morgan fingerprint density at radius 2 is 1.70 bits per heavy atom. The van der Waals surface area contributed by atoms with Crippen LogP contribution in [0.2, 0.25) is 0 Å². The first-order valence-electron chi connectivity index (χ1n) is 12.0. The quantitative estimate of drug-likeness (QED) is 0.375. The summed E-state index contributed by atoms with van der Waals surface area (Å²) in [5.41, 5.74) is 1.54. The van der Waals surface area contributed by atoms with Crippen molar-refractivity contribution in [2.24, 2.45) is 0 Å². The van der Waals surface area contributed by atoms with Crippen LogP contribution >= 0.6 is 0 Å². The minimum Gasteiger partial charge on any atom is -0.435 e. The molecule has 5 rings (SSSR count). The van der Waals surface area contributed by atoms with Gasteiger partial charge in [0.05, 0.1) is 30.6 Å². The molecular weight excluding hydrogens is 484 g/mol. The Balaban J connectivity index is 1.24. The maximum atomic E-state index is 13.1. The number of alkyl halides is 2. The molecule has 0 bridgehead atoms. The number of hydrogen-bond acceptors (Lipinski definition) is 7. The van der Waals surface area contributed by atoms with Crippen molar-refractivity contribution >= 4 is 11.0 Å². The van der Waals surface area contributed by atoms with E-state index < -0.39 is 12.2 Å². The van der Waals surface area contributed by atoms with Gasteiger partial charge in [0, 0.05) is 19.6 Å². The number of aliphatic hydroxyl groups is 2. The molecule has 194 valence electrons.